The first-order valence-electron chi connectivity index (χ1n) is 7.54. The smallest absolute Gasteiger partial charge is 0.417 e. The van der Waals surface area contributed by atoms with Gasteiger partial charge in [-0.3, -0.25) is 0 Å². The third-order valence-corrected chi connectivity index (χ3v) is 3.65. The van der Waals surface area contributed by atoms with Gasteiger partial charge in [-0.1, -0.05) is 0 Å². The first kappa shape index (κ1) is 21.1. The summed E-state index contributed by atoms with van der Waals surface area (Å²) in [7, 11) is 1.06. The predicted octanol–water partition coefficient (Wildman–Crippen LogP) is 4.53. The largest absolute Gasteiger partial charge is 0.467 e. The highest BCUT2D eigenvalue weighted by atomic mass is 19.4. The molecule has 0 aliphatic heterocycles. The number of carbonyl (C=O) groups is 1. The third kappa shape index (κ3) is 4.97. The number of nitrogens with zero attached hydrogens (tertiary/aromatic N) is 2. The van der Waals surface area contributed by atoms with Gasteiger partial charge in [0.05, 0.1) is 37.1 Å². The number of carbonyl (C=O) groups excluding carboxylic acids is 1. The van der Waals surface area contributed by atoms with E-state index in [1.807, 2.05) is 0 Å². The van der Waals surface area contributed by atoms with Gasteiger partial charge in [0.25, 0.3) is 0 Å². The van der Waals surface area contributed by atoms with Crippen LogP contribution in [0.2, 0.25) is 0 Å². The molecule has 0 unspecified atom stereocenters. The number of esters is 1. The standard InChI is InChI=1S/C17H12F6N2O3/c1-27-15(26)12-4-5-28-14(12)8-25(9-16(18,19)20)11-3-2-10(7-24)13(6-11)17(21,22)23/h2-6H,8-9H2,1H3. The zero-order valence-corrected chi connectivity index (χ0v) is 14.2. The van der Waals surface area contributed by atoms with E-state index < -0.39 is 48.2 Å². The van der Waals surface area contributed by atoms with Gasteiger partial charge in [0.2, 0.25) is 0 Å². The zero-order chi connectivity index (χ0) is 21.1. The van der Waals surface area contributed by atoms with Gasteiger partial charge >= 0.3 is 18.3 Å². The minimum atomic E-state index is -4.94. The highest BCUT2D eigenvalue weighted by Gasteiger charge is 2.36. The molecule has 0 saturated carbocycles. The van der Waals surface area contributed by atoms with Gasteiger partial charge in [-0.15, -0.1) is 0 Å². The number of furan rings is 1. The molecule has 1 heterocycles. The number of alkyl halides is 6. The fourth-order valence-electron chi connectivity index (χ4n) is 2.44. The van der Waals surface area contributed by atoms with Crippen molar-refractivity contribution in [3.8, 4) is 6.07 Å². The lowest BCUT2D eigenvalue weighted by Crippen LogP contribution is -2.34. The van der Waals surface area contributed by atoms with Crippen LogP contribution in [0, 0.1) is 11.3 Å². The van der Waals surface area contributed by atoms with Crippen LogP contribution in [0.25, 0.3) is 0 Å². The Morgan fingerprint density at radius 3 is 2.43 bits per heavy atom. The molecule has 0 N–H and O–H groups in total. The van der Waals surface area contributed by atoms with Gasteiger partial charge in [0, 0.05) is 5.69 Å². The van der Waals surface area contributed by atoms with Crippen molar-refractivity contribution in [2.45, 2.75) is 18.9 Å². The second-order valence-electron chi connectivity index (χ2n) is 5.56. The molecule has 0 amide bonds. The Hall–Kier alpha value is -3.16. The molecule has 2 aromatic rings. The molecule has 2 rings (SSSR count). The molecule has 1 aromatic carbocycles. The van der Waals surface area contributed by atoms with Crippen molar-refractivity contribution in [2.24, 2.45) is 0 Å². The van der Waals surface area contributed by atoms with Crippen LogP contribution in [0.3, 0.4) is 0 Å². The number of halogens is 6. The molecule has 0 spiro atoms. The van der Waals surface area contributed by atoms with Crippen LogP contribution in [0.15, 0.2) is 34.9 Å². The minimum absolute atomic E-state index is 0.153. The van der Waals surface area contributed by atoms with Crippen molar-refractivity contribution in [1.82, 2.24) is 0 Å². The average Bonchev–Trinajstić information content (AvgIpc) is 3.06. The Bertz CT molecular complexity index is 896. The predicted molar refractivity (Wildman–Crippen MR) is 83.3 cm³/mol. The van der Waals surface area contributed by atoms with Crippen molar-refractivity contribution in [3.63, 3.8) is 0 Å². The van der Waals surface area contributed by atoms with Crippen LogP contribution in [-0.4, -0.2) is 25.8 Å². The van der Waals surface area contributed by atoms with E-state index in [0.29, 0.717) is 11.0 Å². The molecule has 0 radical (unpaired) electrons. The molecular formula is C17H12F6N2O3. The molecule has 11 heteroatoms. The summed E-state index contributed by atoms with van der Waals surface area (Å²) in [6.45, 7) is -2.27. The fraction of sp³-hybridized carbons (Fsp3) is 0.294. The number of hydrogen-bond donors (Lipinski definition) is 0. The quantitative estimate of drug-likeness (QED) is 0.539. The molecule has 0 saturated heterocycles. The zero-order valence-electron chi connectivity index (χ0n) is 14.2. The minimum Gasteiger partial charge on any atom is -0.467 e. The number of hydrogen-bond acceptors (Lipinski definition) is 5. The lowest BCUT2D eigenvalue weighted by molar-refractivity contribution is -0.137. The van der Waals surface area contributed by atoms with Crippen molar-refractivity contribution in [3.05, 3.63) is 53.0 Å². The SMILES string of the molecule is COC(=O)c1ccoc1CN(CC(F)(F)F)c1ccc(C#N)c(C(F)(F)F)c1. The number of nitriles is 1. The number of rotatable bonds is 5. The van der Waals surface area contributed by atoms with Crippen molar-refractivity contribution in [1.29, 1.82) is 5.26 Å². The first-order chi connectivity index (χ1) is 13.0. The van der Waals surface area contributed by atoms with Crippen molar-refractivity contribution >= 4 is 11.7 Å². The first-order valence-corrected chi connectivity index (χ1v) is 7.54. The number of benzene rings is 1. The summed E-state index contributed by atoms with van der Waals surface area (Å²) in [5, 5.41) is 8.82. The van der Waals surface area contributed by atoms with Crippen LogP contribution in [0.5, 0.6) is 0 Å². The maximum absolute atomic E-state index is 13.1. The lowest BCUT2D eigenvalue weighted by atomic mass is 10.1. The molecular weight excluding hydrogens is 394 g/mol. The van der Waals surface area contributed by atoms with Gasteiger partial charge in [-0.25, -0.2) is 4.79 Å². The summed E-state index contributed by atoms with van der Waals surface area (Å²) >= 11 is 0. The van der Waals surface area contributed by atoms with Crippen LogP contribution >= 0.6 is 0 Å². The topological polar surface area (TPSA) is 66.5 Å². The monoisotopic (exact) mass is 406 g/mol. The normalized spacial score (nSPS) is 11.8. The Labute approximate surface area is 154 Å². The summed E-state index contributed by atoms with van der Waals surface area (Å²) in [5.41, 5.74) is -2.70. The molecule has 0 aliphatic carbocycles. The molecule has 0 bridgehead atoms. The second-order valence-corrected chi connectivity index (χ2v) is 5.56. The Balaban J connectivity index is 2.49. The van der Waals surface area contributed by atoms with E-state index in [1.165, 1.54) is 12.1 Å². The maximum atomic E-state index is 13.1. The summed E-state index contributed by atoms with van der Waals surface area (Å²) < 4.78 is 87.9. The van der Waals surface area contributed by atoms with E-state index in [0.717, 1.165) is 25.5 Å². The summed E-state index contributed by atoms with van der Waals surface area (Å²) in [6, 6.07) is 4.72. The highest BCUT2D eigenvalue weighted by Crippen LogP contribution is 2.35. The summed E-state index contributed by atoms with van der Waals surface area (Å²) in [5.74, 6) is -1.08. The maximum Gasteiger partial charge on any atom is 0.417 e. The van der Waals surface area contributed by atoms with Gasteiger partial charge in [0.15, 0.2) is 0 Å². The van der Waals surface area contributed by atoms with Gasteiger partial charge in [-0.2, -0.15) is 31.6 Å². The number of ether oxygens (including phenoxy) is 1. The van der Waals surface area contributed by atoms with Crippen molar-refractivity contribution < 1.29 is 40.3 Å². The molecule has 28 heavy (non-hydrogen) atoms. The van der Waals surface area contributed by atoms with Gasteiger partial charge < -0.3 is 14.1 Å². The van der Waals surface area contributed by atoms with Crippen LogP contribution < -0.4 is 4.90 Å². The molecule has 1 aromatic heterocycles. The molecule has 0 fully saturated rings. The molecule has 150 valence electrons. The average molecular weight is 406 g/mol. The van der Waals surface area contributed by atoms with Gasteiger partial charge in [-0.05, 0) is 24.3 Å². The summed E-state index contributed by atoms with van der Waals surface area (Å²) in [6.07, 6.45) is -8.65. The van der Waals surface area contributed by atoms with E-state index in [9.17, 15) is 31.1 Å². The fourth-order valence-corrected chi connectivity index (χ4v) is 2.44. The Morgan fingerprint density at radius 1 is 1.21 bits per heavy atom. The lowest BCUT2D eigenvalue weighted by Gasteiger charge is -2.26. The molecule has 5 nitrogen and oxygen atoms in total. The van der Waals surface area contributed by atoms with Crippen LogP contribution in [0.4, 0.5) is 32.0 Å². The number of methoxy groups -OCH3 is 1. The second kappa shape index (κ2) is 7.84. The van der Waals surface area contributed by atoms with E-state index in [-0.39, 0.29) is 11.3 Å². The molecule has 0 atom stereocenters. The van der Waals surface area contributed by atoms with E-state index in [1.54, 1.807) is 0 Å². The van der Waals surface area contributed by atoms with E-state index >= 15 is 0 Å². The van der Waals surface area contributed by atoms with Crippen LogP contribution in [-0.2, 0) is 17.5 Å². The Morgan fingerprint density at radius 2 is 1.89 bits per heavy atom. The highest BCUT2D eigenvalue weighted by molar-refractivity contribution is 5.90. The molecule has 0 aliphatic rings. The third-order valence-electron chi connectivity index (χ3n) is 3.65. The Kier molecular flexibility index (Phi) is 5.92. The van der Waals surface area contributed by atoms with Crippen LogP contribution in [0.1, 0.15) is 27.2 Å². The number of anilines is 1. The van der Waals surface area contributed by atoms with E-state index in [4.69, 9.17) is 9.68 Å². The summed E-state index contributed by atoms with van der Waals surface area (Å²) in [4.78, 5) is 12.2. The van der Waals surface area contributed by atoms with Crippen molar-refractivity contribution in [2.75, 3.05) is 18.6 Å². The van der Waals surface area contributed by atoms with E-state index in [2.05, 4.69) is 4.74 Å². The van der Waals surface area contributed by atoms with Gasteiger partial charge in [0.1, 0.15) is 17.9 Å².